The smallest absolute Gasteiger partial charge is 0.151 e. The molecule has 1 aliphatic rings. The average Bonchev–Trinajstić information content (AvgIpc) is 2.84. The third-order valence-electron chi connectivity index (χ3n) is 6.97. The van der Waals surface area contributed by atoms with Gasteiger partial charge in [-0.3, -0.25) is 0 Å². The SMILES string of the molecule is CCCCCC1CCC(c2ccc(C#Cc3cccc4c(F)c(C#N)c(F)cc34)cc2)CC1. The zero-order valence-corrected chi connectivity index (χ0v) is 19.1. The van der Waals surface area contributed by atoms with Crippen LogP contribution in [0.1, 0.15) is 86.5 Å². The Hall–Kier alpha value is -3.17. The lowest BCUT2D eigenvalue weighted by atomic mass is 9.77. The van der Waals surface area contributed by atoms with E-state index in [1.165, 1.54) is 63.0 Å². The minimum atomic E-state index is -0.860. The van der Waals surface area contributed by atoms with Gasteiger partial charge in [-0.2, -0.15) is 5.26 Å². The molecule has 0 aliphatic heterocycles. The molecule has 0 aromatic heterocycles. The molecule has 0 unspecified atom stereocenters. The molecule has 3 aromatic rings. The minimum absolute atomic E-state index is 0.209. The van der Waals surface area contributed by atoms with E-state index >= 15 is 0 Å². The summed E-state index contributed by atoms with van der Waals surface area (Å²) in [6.07, 6.45) is 10.6. The lowest BCUT2D eigenvalue weighted by Crippen LogP contribution is -2.13. The molecule has 0 heterocycles. The summed E-state index contributed by atoms with van der Waals surface area (Å²) in [6.45, 7) is 2.26. The van der Waals surface area contributed by atoms with E-state index in [0.717, 1.165) is 11.5 Å². The summed E-state index contributed by atoms with van der Waals surface area (Å²) in [6, 6.07) is 16.2. The maximum atomic E-state index is 14.5. The molecule has 1 saturated carbocycles. The summed E-state index contributed by atoms with van der Waals surface area (Å²) in [7, 11) is 0. The largest absolute Gasteiger partial charge is 0.205 e. The number of benzene rings is 3. The summed E-state index contributed by atoms with van der Waals surface area (Å²) >= 11 is 0. The number of hydrogen-bond donors (Lipinski definition) is 0. The van der Waals surface area contributed by atoms with Crippen molar-refractivity contribution >= 4 is 10.8 Å². The second-order valence-corrected chi connectivity index (χ2v) is 9.15. The molecule has 1 nitrogen and oxygen atoms in total. The molecule has 1 aliphatic carbocycles. The number of unbranched alkanes of at least 4 members (excludes halogenated alkanes) is 2. The van der Waals surface area contributed by atoms with Gasteiger partial charge in [-0.25, -0.2) is 8.78 Å². The Morgan fingerprint density at radius 2 is 1.67 bits per heavy atom. The van der Waals surface area contributed by atoms with Crippen LogP contribution in [0.5, 0.6) is 0 Å². The van der Waals surface area contributed by atoms with Gasteiger partial charge in [0, 0.05) is 21.9 Å². The second-order valence-electron chi connectivity index (χ2n) is 9.15. The molecule has 3 aromatic carbocycles. The number of halogens is 2. The highest BCUT2D eigenvalue weighted by Crippen LogP contribution is 2.37. The Morgan fingerprint density at radius 3 is 2.36 bits per heavy atom. The van der Waals surface area contributed by atoms with Crippen LogP contribution in [0.25, 0.3) is 10.8 Å². The molecule has 0 bridgehead atoms. The lowest BCUT2D eigenvalue weighted by molar-refractivity contribution is 0.303. The fourth-order valence-corrected chi connectivity index (χ4v) is 5.01. The molecule has 3 heteroatoms. The highest BCUT2D eigenvalue weighted by Gasteiger charge is 2.22. The topological polar surface area (TPSA) is 23.8 Å². The Morgan fingerprint density at radius 1 is 0.909 bits per heavy atom. The van der Waals surface area contributed by atoms with Crippen LogP contribution in [-0.2, 0) is 0 Å². The molecule has 0 amide bonds. The van der Waals surface area contributed by atoms with Gasteiger partial charge >= 0.3 is 0 Å². The molecule has 0 atom stereocenters. The van der Waals surface area contributed by atoms with Gasteiger partial charge in [-0.05, 0) is 67.3 Å². The second kappa shape index (κ2) is 10.6. The average molecular weight is 442 g/mol. The Kier molecular flexibility index (Phi) is 7.41. The number of nitrogens with zero attached hydrogens (tertiary/aromatic N) is 1. The van der Waals surface area contributed by atoms with Crippen LogP contribution in [0.15, 0.2) is 48.5 Å². The van der Waals surface area contributed by atoms with E-state index in [2.05, 4.69) is 30.9 Å². The molecule has 0 spiro atoms. The molecule has 4 rings (SSSR count). The van der Waals surface area contributed by atoms with Crippen LogP contribution in [0.3, 0.4) is 0 Å². The monoisotopic (exact) mass is 441 g/mol. The van der Waals surface area contributed by atoms with Crippen molar-refractivity contribution in [1.82, 2.24) is 0 Å². The minimum Gasteiger partial charge on any atom is -0.205 e. The molecule has 168 valence electrons. The van der Waals surface area contributed by atoms with Crippen molar-refractivity contribution in [2.24, 2.45) is 5.92 Å². The van der Waals surface area contributed by atoms with Gasteiger partial charge in [-0.15, -0.1) is 0 Å². The number of hydrogen-bond acceptors (Lipinski definition) is 1. The highest BCUT2D eigenvalue weighted by atomic mass is 19.1. The van der Waals surface area contributed by atoms with E-state index < -0.39 is 17.2 Å². The third kappa shape index (κ3) is 5.26. The Balaban J connectivity index is 1.47. The third-order valence-corrected chi connectivity index (χ3v) is 6.97. The predicted molar refractivity (Wildman–Crippen MR) is 130 cm³/mol. The number of nitriles is 1. The van der Waals surface area contributed by atoms with Crippen molar-refractivity contribution < 1.29 is 8.78 Å². The summed E-state index contributed by atoms with van der Waals surface area (Å²) in [5.74, 6) is 6.03. The molecular formula is C30H29F2N. The van der Waals surface area contributed by atoms with E-state index in [9.17, 15) is 8.78 Å². The molecule has 0 radical (unpaired) electrons. The van der Waals surface area contributed by atoms with Crippen molar-refractivity contribution in [3.63, 3.8) is 0 Å². The predicted octanol–water partition coefficient (Wildman–Crippen LogP) is 8.24. The van der Waals surface area contributed by atoms with Crippen LogP contribution in [0.4, 0.5) is 8.78 Å². The molecule has 0 saturated heterocycles. The molecule has 0 N–H and O–H groups in total. The first kappa shape index (κ1) is 23.0. The highest BCUT2D eigenvalue weighted by molar-refractivity contribution is 5.90. The first-order valence-electron chi connectivity index (χ1n) is 12.0. The van der Waals surface area contributed by atoms with Crippen LogP contribution in [0.2, 0.25) is 0 Å². The summed E-state index contributed by atoms with van der Waals surface area (Å²) < 4.78 is 28.6. The first-order chi connectivity index (χ1) is 16.1. The normalized spacial score (nSPS) is 17.9. The van der Waals surface area contributed by atoms with Crippen molar-refractivity contribution in [2.75, 3.05) is 0 Å². The zero-order valence-electron chi connectivity index (χ0n) is 19.1. The lowest BCUT2D eigenvalue weighted by Gasteiger charge is -2.29. The van der Waals surface area contributed by atoms with E-state index in [-0.39, 0.29) is 5.39 Å². The van der Waals surface area contributed by atoms with Gasteiger partial charge in [-0.1, -0.05) is 68.7 Å². The van der Waals surface area contributed by atoms with Crippen LogP contribution >= 0.6 is 0 Å². The van der Waals surface area contributed by atoms with Gasteiger partial charge in [0.25, 0.3) is 0 Å². The summed E-state index contributed by atoms with van der Waals surface area (Å²) in [5, 5.41) is 9.58. The zero-order chi connectivity index (χ0) is 23.2. The van der Waals surface area contributed by atoms with E-state index in [1.54, 1.807) is 24.3 Å². The molecule has 33 heavy (non-hydrogen) atoms. The maximum Gasteiger partial charge on any atom is 0.151 e. The van der Waals surface area contributed by atoms with Crippen LogP contribution < -0.4 is 0 Å². The molecular weight excluding hydrogens is 412 g/mol. The van der Waals surface area contributed by atoms with Crippen molar-refractivity contribution in [1.29, 1.82) is 5.26 Å². The fraction of sp³-hybridized carbons (Fsp3) is 0.367. The van der Waals surface area contributed by atoms with E-state index in [1.807, 2.05) is 12.1 Å². The van der Waals surface area contributed by atoms with Gasteiger partial charge in [0.1, 0.15) is 17.4 Å². The quantitative estimate of drug-likeness (QED) is 0.289. The van der Waals surface area contributed by atoms with Crippen LogP contribution in [-0.4, -0.2) is 0 Å². The van der Waals surface area contributed by atoms with Crippen molar-refractivity contribution in [3.05, 3.63) is 82.4 Å². The number of rotatable bonds is 5. The standard InChI is InChI=1S/C30H29F2N/c1-2-3-4-6-21-9-14-23(15-10-21)24-16-11-22(12-17-24)13-18-25-7-5-8-26-27(25)19-29(31)28(20-33)30(26)32/h5,7-8,11-12,16-17,19,21,23H,2-4,6,9-10,14-15H2,1H3. The van der Waals surface area contributed by atoms with Crippen molar-refractivity contribution in [2.45, 2.75) is 64.2 Å². The van der Waals surface area contributed by atoms with Crippen molar-refractivity contribution in [3.8, 4) is 17.9 Å². The fourth-order valence-electron chi connectivity index (χ4n) is 5.01. The van der Waals surface area contributed by atoms with Gasteiger partial charge in [0.05, 0.1) is 0 Å². The number of fused-ring (bicyclic) bond motifs is 1. The van der Waals surface area contributed by atoms with E-state index in [0.29, 0.717) is 16.9 Å². The van der Waals surface area contributed by atoms with Gasteiger partial charge < -0.3 is 0 Å². The van der Waals surface area contributed by atoms with Crippen LogP contribution in [0, 0.1) is 40.7 Å². The summed E-state index contributed by atoms with van der Waals surface area (Å²) in [4.78, 5) is 0. The maximum absolute atomic E-state index is 14.5. The Labute approximate surface area is 195 Å². The summed E-state index contributed by atoms with van der Waals surface area (Å²) in [5.41, 5.74) is 2.24. The van der Waals surface area contributed by atoms with Gasteiger partial charge in [0.15, 0.2) is 5.82 Å². The van der Waals surface area contributed by atoms with Gasteiger partial charge in [0.2, 0.25) is 0 Å². The first-order valence-corrected chi connectivity index (χ1v) is 12.0. The van der Waals surface area contributed by atoms with E-state index in [4.69, 9.17) is 5.26 Å². The molecule has 1 fully saturated rings. The Bertz CT molecular complexity index is 1220.